The van der Waals surface area contributed by atoms with E-state index in [0.717, 1.165) is 29.8 Å². The average molecular weight is 393 g/mol. The summed E-state index contributed by atoms with van der Waals surface area (Å²) in [5, 5.41) is 3.38. The molecule has 1 aromatic carbocycles. The van der Waals surface area contributed by atoms with E-state index in [1.807, 2.05) is 56.4 Å². The number of nitrogens with zero attached hydrogens (tertiary/aromatic N) is 2. The molecule has 0 radical (unpaired) electrons. The molecule has 2 aromatic heterocycles. The molecule has 29 heavy (non-hydrogen) atoms. The molecule has 0 saturated heterocycles. The molecule has 3 rings (SSSR count). The molecular weight excluding hydrogens is 364 g/mol. The predicted octanol–water partition coefficient (Wildman–Crippen LogP) is 4.53. The van der Waals surface area contributed by atoms with Gasteiger partial charge in [0.1, 0.15) is 11.4 Å². The van der Waals surface area contributed by atoms with Crippen LogP contribution < -0.4 is 15.8 Å². The highest BCUT2D eigenvalue weighted by Crippen LogP contribution is 2.34. The van der Waals surface area contributed by atoms with Crippen LogP contribution in [0.3, 0.4) is 0 Å². The van der Waals surface area contributed by atoms with Crippen molar-refractivity contribution in [1.29, 1.82) is 0 Å². The highest BCUT2D eigenvalue weighted by Gasteiger charge is 2.14. The quantitative estimate of drug-likeness (QED) is 0.493. The summed E-state index contributed by atoms with van der Waals surface area (Å²) in [5.41, 5.74) is 10.8. The van der Waals surface area contributed by atoms with Crippen molar-refractivity contribution in [2.75, 3.05) is 30.8 Å². The van der Waals surface area contributed by atoms with Crippen molar-refractivity contribution in [1.82, 2.24) is 9.97 Å². The summed E-state index contributed by atoms with van der Waals surface area (Å²) >= 11 is 0. The minimum atomic E-state index is 0.416. The van der Waals surface area contributed by atoms with Gasteiger partial charge in [0.05, 0.1) is 12.3 Å². The lowest BCUT2D eigenvalue weighted by Gasteiger charge is -2.17. The Balaban J connectivity index is 1.49. The van der Waals surface area contributed by atoms with Crippen molar-refractivity contribution >= 4 is 11.4 Å². The summed E-state index contributed by atoms with van der Waals surface area (Å²) in [5.74, 6) is 1.12. The topological polar surface area (TPSA) is 82.3 Å². The van der Waals surface area contributed by atoms with Crippen molar-refractivity contribution in [2.45, 2.75) is 26.7 Å². The van der Waals surface area contributed by atoms with E-state index in [1.54, 1.807) is 6.20 Å². The maximum atomic E-state index is 6.33. The summed E-state index contributed by atoms with van der Waals surface area (Å²) in [6, 6.07) is 13.6. The normalized spacial score (nSPS) is 10.7. The number of anilines is 2. The molecule has 2 heterocycles. The van der Waals surface area contributed by atoms with Gasteiger partial charge in [-0.1, -0.05) is 24.3 Å². The Labute approximate surface area is 172 Å². The number of aryl methyl sites for hydroxylation is 2. The molecule has 0 bridgehead atoms. The predicted molar refractivity (Wildman–Crippen MR) is 117 cm³/mol. The first-order valence-electron chi connectivity index (χ1n) is 9.85. The van der Waals surface area contributed by atoms with Gasteiger partial charge >= 0.3 is 0 Å². The summed E-state index contributed by atoms with van der Waals surface area (Å²) in [6.45, 7) is 5.92. The second-order valence-electron chi connectivity index (χ2n) is 6.84. The molecule has 0 unspecified atom stereocenters. The first-order valence-corrected chi connectivity index (χ1v) is 9.85. The number of benzene rings is 1. The third kappa shape index (κ3) is 5.93. The molecule has 0 aliphatic heterocycles. The minimum Gasteiger partial charge on any atom is -0.437 e. The number of rotatable bonds is 10. The van der Waals surface area contributed by atoms with E-state index in [2.05, 4.69) is 21.4 Å². The van der Waals surface area contributed by atoms with Crippen molar-refractivity contribution in [3.8, 4) is 11.6 Å². The number of nitrogen functional groups attached to an aromatic ring is 1. The van der Waals surface area contributed by atoms with Crippen LogP contribution in [0.2, 0.25) is 0 Å². The van der Waals surface area contributed by atoms with Gasteiger partial charge in [0, 0.05) is 31.2 Å². The third-order valence-corrected chi connectivity index (χ3v) is 4.67. The van der Waals surface area contributed by atoms with Crippen molar-refractivity contribution in [2.24, 2.45) is 0 Å². The van der Waals surface area contributed by atoms with E-state index in [9.17, 15) is 0 Å². The van der Waals surface area contributed by atoms with Crippen molar-refractivity contribution in [3.63, 3.8) is 0 Å². The second-order valence-corrected chi connectivity index (χ2v) is 6.84. The molecule has 152 valence electrons. The zero-order valence-electron chi connectivity index (χ0n) is 17.0. The van der Waals surface area contributed by atoms with E-state index in [1.165, 1.54) is 5.56 Å². The molecular formula is C23H28N4O2. The molecule has 0 fully saturated rings. The first kappa shape index (κ1) is 20.6. The molecule has 0 aliphatic rings. The fourth-order valence-electron chi connectivity index (χ4n) is 2.97. The Hall–Kier alpha value is -3.12. The van der Waals surface area contributed by atoms with Gasteiger partial charge in [-0.2, -0.15) is 0 Å². The first-order chi connectivity index (χ1) is 14.1. The number of para-hydroxylation sites is 1. The van der Waals surface area contributed by atoms with Gasteiger partial charge in [-0.15, -0.1) is 0 Å². The van der Waals surface area contributed by atoms with Gasteiger partial charge in [0.15, 0.2) is 0 Å². The van der Waals surface area contributed by atoms with E-state index in [-0.39, 0.29) is 0 Å². The summed E-state index contributed by atoms with van der Waals surface area (Å²) in [6.07, 6.45) is 5.62. The lowest BCUT2D eigenvalue weighted by Crippen LogP contribution is -2.14. The lowest BCUT2D eigenvalue weighted by molar-refractivity contribution is 0.141. The van der Waals surface area contributed by atoms with Crippen molar-refractivity contribution < 1.29 is 9.47 Å². The fourth-order valence-corrected chi connectivity index (χ4v) is 2.97. The number of nitrogens with two attached hydrogens (primary N) is 1. The molecule has 0 aliphatic carbocycles. The largest absolute Gasteiger partial charge is 0.437 e. The van der Waals surface area contributed by atoms with Crippen LogP contribution in [0.5, 0.6) is 11.6 Å². The Bertz CT molecular complexity index is 902. The highest BCUT2D eigenvalue weighted by molar-refractivity contribution is 5.75. The summed E-state index contributed by atoms with van der Waals surface area (Å²) in [7, 11) is 0. The molecule has 0 saturated carbocycles. The average Bonchev–Trinajstić information content (AvgIpc) is 2.75. The van der Waals surface area contributed by atoms with E-state index in [4.69, 9.17) is 15.2 Å². The summed E-state index contributed by atoms with van der Waals surface area (Å²) < 4.78 is 11.6. The molecule has 0 amide bonds. The zero-order chi connectivity index (χ0) is 20.5. The second kappa shape index (κ2) is 10.4. The third-order valence-electron chi connectivity index (χ3n) is 4.67. The van der Waals surface area contributed by atoms with Gasteiger partial charge in [0.25, 0.3) is 0 Å². The molecule has 3 aromatic rings. The molecule has 3 N–H and O–H groups in total. The van der Waals surface area contributed by atoms with Crippen LogP contribution in [0.4, 0.5) is 11.4 Å². The summed E-state index contributed by atoms with van der Waals surface area (Å²) in [4.78, 5) is 8.63. The molecule has 6 heteroatoms. The number of pyridine rings is 2. The smallest absolute Gasteiger partial charge is 0.245 e. The molecule has 0 spiro atoms. The highest BCUT2D eigenvalue weighted by atomic mass is 16.5. The molecule has 0 atom stereocenters. The maximum Gasteiger partial charge on any atom is 0.245 e. The SMILES string of the molecule is Cc1nc(Oc2ccccc2)c(N)c(NCCOCCCc2cccnc2)c1C. The van der Waals surface area contributed by atoms with E-state index < -0.39 is 0 Å². The van der Waals surface area contributed by atoms with Gasteiger partial charge in [-0.3, -0.25) is 4.98 Å². The van der Waals surface area contributed by atoms with Gasteiger partial charge in [-0.25, -0.2) is 4.98 Å². The number of nitrogens with one attached hydrogen (secondary N) is 1. The lowest BCUT2D eigenvalue weighted by atomic mass is 10.1. The van der Waals surface area contributed by atoms with Crippen LogP contribution in [0, 0.1) is 13.8 Å². The van der Waals surface area contributed by atoms with Crippen molar-refractivity contribution in [3.05, 3.63) is 71.7 Å². The fraction of sp³-hybridized carbons (Fsp3) is 0.304. The number of ether oxygens (including phenoxy) is 2. The monoisotopic (exact) mass is 392 g/mol. The maximum absolute atomic E-state index is 6.33. The van der Waals surface area contributed by atoms with Gasteiger partial charge in [-0.05, 0) is 56.0 Å². The Morgan fingerprint density at radius 1 is 1.03 bits per heavy atom. The number of hydrogen-bond acceptors (Lipinski definition) is 6. The Morgan fingerprint density at radius 3 is 2.62 bits per heavy atom. The van der Waals surface area contributed by atoms with Crippen LogP contribution in [0.1, 0.15) is 23.2 Å². The Morgan fingerprint density at radius 2 is 1.86 bits per heavy atom. The van der Waals surface area contributed by atoms with Crippen LogP contribution >= 0.6 is 0 Å². The van der Waals surface area contributed by atoms with E-state index >= 15 is 0 Å². The van der Waals surface area contributed by atoms with Crippen LogP contribution in [-0.2, 0) is 11.2 Å². The molecule has 6 nitrogen and oxygen atoms in total. The van der Waals surface area contributed by atoms with Gasteiger partial charge < -0.3 is 20.5 Å². The van der Waals surface area contributed by atoms with Crippen LogP contribution in [-0.4, -0.2) is 29.7 Å². The van der Waals surface area contributed by atoms with E-state index in [0.29, 0.717) is 37.1 Å². The standard InChI is InChI=1S/C23H28N4O2/c1-17-18(2)27-23(29-20-10-4-3-5-11-20)21(24)22(17)26-13-15-28-14-7-9-19-8-6-12-25-16-19/h3-6,8,10-12,16H,7,9,13-15,24H2,1-2H3,(H,26,27). The number of aromatic nitrogens is 2. The number of hydrogen-bond donors (Lipinski definition) is 2. The van der Waals surface area contributed by atoms with Crippen LogP contribution in [0.15, 0.2) is 54.9 Å². The zero-order valence-corrected chi connectivity index (χ0v) is 17.0. The van der Waals surface area contributed by atoms with Crippen LogP contribution in [0.25, 0.3) is 0 Å². The minimum absolute atomic E-state index is 0.416. The Kier molecular flexibility index (Phi) is 7.41. The van der Waals surface area contributed by atoms with Gasteiger partial charge in [0.2, 0.25) is 5.88 Å².